The van der Waals surface area contributed by atoms with Gasteiger partial charge in [-0.25, -0.2) is 0 Å². The molecule has 21 heavy (non-hydrogen) atoms. The summed E-state index contributed by atoms with van der Waals surface area (Å²) < 4.78 is 10.6. The van der Waals surface area contributed by atoms with Gasteiger partial charge in [0.15, 0.2) is 12.4 Å². The van der Waals surface area contributed by atoms with E-state index in [9.17, 15) is 0 Å². The normalized spacial score (nSPS) is 11.0. The van der Waals surface area contributed by atoms with Crippen LogP contribution in [-0.4, -0.2) is 21.7 Å². The zero-order valence-corrected chi connectivity index (χ0v) is 12.8. The molecule has 0 aliphatic carbocycles. The van der Waals surface area contributed by atoms with Crippen molar-refractivity contribution in [2.24, 2.45) is 5.92 Å². The molecule has 2 aromatic rings. The van der Waals surface area contributed by atoms with E-state index in [1.54, 1.807) is 6.20 Å². The van der Waals surface area contributed by atoms with Crippen molar-refractivity contribution in [1.29, 1.82) is 0 Å². The van der Waals surface area contributed by atoms with E-state index in [4.69, 9.17) is 9.26 Å². The van der Waals surface area contributed by atoms with Crippen molar-refractivity contribution in [3.05, 3.63) is 35.7 Å². The molecule has 2 aromatic heterocycles. The molecule has 1 N–H and O–H groups in total. The highest BCUT2D eigenvalue weighted by Gasteiger charge is 2.05. The van der Waals surface area contributed by atoms with E-state index in [1.807, 2.05) is 19.1 Å². The van der Waals surface area contributed by atoms with Crippen LogP contribution in [0, 0.1) is 5.92 Å². The van der Waals surface area contributed by atoms with Gasteiger partial charge in [-0.05, 0) is 24.6 Å². The van der Waals surface area contributed by atoms with E-state index < -0.39 is 0 Å². The van der Waals surface area contributed by atoms with Crippen LogP contribution in [-0.2, 0) is 19.6 Å². The number of nitrogens with zero attached hydrogens (tertiary/aromatic N) is 3. The number of aryl methyl sites for hydroxylation is 1. The van der Waals surface area contributed by atoms with Crippen LogP contribution < -0.4 is 10.1 Å². The Morgan fingerprint density at radius 3 is 2.81 bits per heavy atom. The standard InChI is InChI=1S/C15H22N4O2/c1-4-14-18-15(21-19-14)10-20-13-6-5-12(17-9-13)8-16-7-11(2)3/h5-6,9,11,16H,4,7-8,10H2,1-3H3. The van der Waals surface area contributed by atoms with Crippen molar-refractivity contribution < 1.29 is 9.26 Å². The number of nitrogens with one attached hydrogen (secondary N) is 1. The molecule has 0 atom stereocenters. The minimum Gasteiger partial charge on any atom is -0.482 e. The highest BCUT2D eigenvalue weighted by molar-refractivity contribution is 5.19. The molecule has 2 rings (SSSR count). The maximum atomic E-state index is 5.57. The summed E-state index contributed by atoms with van der Waals surface area (Å²) in [5, 5.41) is 7.17. The minimum atomic E-state index is 0.264. The molecule has 0 saturated heterocycles. The molecular formula is C15H22N4O2. The maximum Gasteiger partial charge on any atom is 0.264 e. The molecule has 0 radical (unpaired) electrons. The van der Waals surface area contributed by atoms with E-state index in [-0.39, 0.29) is 6.61 Å². The molecule has 114 valence electrons. The molecule has 6 heteroatoms. The number of pyridine rings is 1. The molecule has 0 bridgehead atoms. The second-order valence-corrected chi connectivity index (χ2v) is 5.26. The summed E-state index contributed by atoms with van der Waals surface area (Å²) in [7, 11) is 0. The quantitative estimate of drug-likeness (QED) is 0.804. The number of ether oxygens (including phenoxy) is 1. The Hall–Kier alpha value is -1.95. The minimum absolute atomic E-state index is 0.264. The van der Waals surface area contributed by atoms with Crippen molar-refractivity contribution in [2.45, 2.75) is 40.3 Å². The van der Waals surface area contributed by atoms with Crippen molar-refractivity contribution in [1.82, 2.24) is 20.4 Å². The van der Waals surface area contributed by atoms with Crippen molar-refractivity contribution >= 4 is 0 Å². The average Bonchev–Trinajstić information content (AvgIpc) is 2.94. The number of rotatable bonds is 8. The van der Waals surface area contributed by atoms with Crippen molar-refractivity contribution in [3.63, 3.8) is 0 Å². The fraction of sp³-hybridized carbons (Fsp3) is 0.533. The summed E-state index contributed by atoms with van der Waals surface area (Å²) in [5.74, 6) is 2.50. The molecule has 6 nitrogen and oxygen atoms in total. The SMILES string of the molecule is CCc1noc(COc2ccc(CNCC(C)C)nc2)n1. The first-order valence-electron chi connectivity index (χ1n) is 7.27. The lowest BCUT2D eigenvalue weighted by Gasteiger charge is -2.07. The van der Waals surface area contributed by atoms with Gasteiger partial charge in [0.2, 0.25) is 0 Å². The molecule has 0 aromatic carbocycles. The first kappa shape index (κ1) is 15.4. The second-order valence-electron chi connectivity index (χ2n) is 5.26. The van der Waals surface area contributed by atoms with Crippen LogP contribution in [0.5, 0.6) is 5.75 Å². The Labute approximate surface area is 124 Å². The lowest BCUT2D eigenvalue weighted by molar-refractivity contribution is 0.241. The van der Waals surface area contributed by atoms with Gasteiger partial charge in [0.05, 0.1) is 11.9 Å². The van der Waals surface area contributed by atoms with E-state index in [0.717, 1.165) is 25.2 Å². The van der Waals surface area contributed by atoms with E-state index in [2.05, 4.69) is 34.3 Å². The third kappa shape index (κ3) is 5.15. The number of hydrogen-bond donors (Lipinski definition) is 1. The summed E-state index contributed by atoms with van der Waals surface area (Å²) in [4.78, 5) is 8.54. The summed E-state index contributed by atoms with van der Waals surface area (Å²) in [6, 6.07) is 3.85. The highest BCUT2D eigenvalue weighted by atomic mass is 16.5. The molecule has 0 aliphatic heterocycles. The van der Waals surface area contributed by atoms with Gasteiger partial charge in [-0.1, -0.05) is 25.9 Å². The van der Waals surface area contributed by atoms with Gasteiger partial charge in [0.25, 0.3) is 5.89 Å². The Morgan fingerprint density at radius 1 is 1.33 bits per heavy atom. The zero-order valence-electron chi connectivity index (χ0n) is 12.8. The Bertz CT molecular complexity index is 537. The monoisotopic (exact) mass is 290 g/mol. The van der Waals surface area contributed by atoms with Gasteiger partial charge in [0, 0.05) is 13.0 Å². The third-order valence-electron chi connectivity index (χ3n) is 2.84. The summed E-state index contributed by atoms with van der Waals surface area (Å²) in [6.45, 7) is 8.35. The van der Waals surface area contributed by atoms with Crippen LogP contribution >= 0.6 is 0 Å². The van der Waals surface area contributed by atoms with Gasteiger partial charge < -0.3 is 14.6 Å². The molecule has 2 heterocycles. The number of hydrogen-bond acceptors (Lipinski definition) is 6. The van der Waals surface area contributed by atoms with E-state index >= 15 is 0 Å². The van der Waals surface area contributed by atoms with Gasteiger partial charge in [-0.15, -0.1) is 0 Å². The smallest absolute Gasteiger partial charge is 0.264 e. The van der Waals surface area contributed by atoms with Crippen LogP contribution in [0.2, 0.25) is 0 Å². The van der Waals surface area contributed by atoms with Crippen LogP contribution in [0.1, 0.15) is 38.2 Å². The first-order chi connectivity index (χ1) is 10.2. The Morgan fingerprint density at radius 2 is 2.19 bits per heavy atom. The molecule has 0 unspecified atom stereocenters. The van der Waals surface area contributed by atoms with Gasteiger partial charge in [-0.3, -0.25) is 4.98 Å². The van der Waals surface area contributed by atoms with Crippen LogP contribution in [0.4, 0.5) is 0 Å². The summed E-state index contributed by atoms with van der Waals surface area (Å²) in [5.41, 5.74) is 0.994. The zero-order chi connectivity index (χ0) is 15.1. The first-order valence-corrected chi connectivity index (χ1v) is 7.27. The Kier molecular flexibility index (Phi) is 5.68. The summed E-state index contributed by atoms with van der Waals surface area (Å²) >= 11 is 0. The molecule has 0 fully saturated rings. The highest BCUT2D eigenvalue weighted by Crippen LogP contribution is 2.11. The second kappa shape index (κ2) is 7.73. The molecule has 0 amide bonds. The van der Waals surface area contributed by atoms with Gasteiger partial charge in [-0.2, -0.15) is 4.98 Å². The van der Waals surface area contributed by atoms with E-state index in [0.29, 0.717) is 23.4 Å². The van der Waals surface area contributed by atoms with E-state index in [1.165, 1.54) is 0 Å². The topological polar surface area (TPSA) is 73.1 Å². The van der Waals surface area contributed by atoms with Crippen LogP contribution in [0.25, 0.3) is 0 Å². The lowest BCUT2D eigenvalue weighted by Crippen LogP contribution is -2.19. The molecule has 0 aliphatic rings. The molecular weight excluding hydrogens is 268 g/mol. The third-order valence-corrected chi connectivity index (χ3v) is 2.84. The summed E-state index contributed by atoms with van der Waals surface area (Å²) in [6.07, 6.45) is 2.46. The lowest BCUT2D eigenvalue weighted by atomic mass is 10.2. The van der Waals surface area contributed by atoms with Gasteiger partial charge >= 0.3 is 0 Å². The van der Waals surface area contributed by atoms with Gasteiger partial charge in [0.1, 0.15) is 5.75 Å². The largest absolute Gasteiger partial charge is 0.482 e. The van der Waals surface area contributed by atoms with Crippen molar-refractivity contribution in [2.75, 3.05) is 6.54 Å². The number of aromatic nitrogens is 3. The fourth-order valence-electron chi connectivity index (χ4n) is 1.73. The average molecular weight is 290 g/mol. The predicted octanol–water partition coefficient (Wildman–Crippen LogP) is 2.35. The van der Waals surface area contributed by atoms with Crippen LogP contribution in [0.15, 0.2) is 22.9 Å². The van der Waals surface area contributed by atoms with Crippen molar-refractivity contribution in [3.8, 4) is 5.75 Å². The molecule has 0 saturated carbocycles. The Balaban J connectivity index is 1.79. The predicted molar refractivity (Wildman–Crippen MR) is 78.8 cm³/mol. The fourth-order valence-corrected chi connectivity index (χ4v) is 1.73. The maximum absolute atomic E-state index is 5.57. The molecule has 0 spiro atoms. The van der Waals surface area contributed by atoms with Crippen LogP contribution in [0.3, 0.4) is 0 Å².